The van der Waals surface area contributed by atoms with E-state index in [4.69, 9.17) is 4.42 Å². The first kappa shape index (κ1) is 72.3. The molecule has 0 spiro atoms. The van der Waals surface area contributed by atoms with Gasteiger partial charge in [-0.2, -0.15) is 0 Å². The lowest BCUT2D eigenvalue weighted by molar-refractivity contribution is 0.590. The van der Waals surface area contributed by atoms with Crippen LogP contribution in [-0.4, -0.2) is 15.8 Å². The average molecular weight is 1500 g/mol. The average Bonchev–Trinajstić information content (AvgIpc) is 1.25. The third-order valence-electron chi connectivity index (χ3n) is 25.1. The Balaban J connectivity index is 0.987. The maximum absolute atomic E-state index is 6.97. The monoisotopic (exact) mass is 1500 g/mol. The second kappa shape index (κ2) is 26.5. The molecule has 0 amide bonds. The fourth-order valence-corrected chi connectivity index (χ4v) is 18.8. The van der Waals surface area contributed by atoms with E-state index >= 15 is 0 Å². The van der Waals surface area contributed by atoms with Gasteiger partial charge in [-0.15, -0.1) is 0 Å². The van der Waals surface area contributed by atoms with E-state index in [1.54, 1.807) is 0 Å². The second-order valence-electron chi connectivity index (χ2n) is 37.7. The molecule has 116 heavy (non-hydrogen) atoms. The Kier molecular flexibility index (Phi) is 16.5. The minimum Gasteiger partial charge on any atom is -0.456 e. The summed E-state index contributed by atoms with van der Waals surface area (Å²) in [5.41, 5.74) is 35.8. The van der Waals surface area contributed by atoms with E-state index in [1.165, 1.54) is 87.8 Å². The zero-order valence-corrected chi connectivity index (χ0v) is 69.3. The normalized spacial score (nSPS) is 13.2. The minimum atomic E-state index is -0.317. The fourth-order valence-electron chi connectivity index (χ4n) is 18.8. The van der Waals surface area contributed by atoms with Crippen LogP contribution in [0.1, 0.15) is 132 Å². The van der Waals surface area contributed by atoms with Gasteiger partial charge in [-0.1, -0.05) is 310 Å². The van der Waals surface area contributed by atoms with E-state index in [-0.39, 0.29) is 33.8 Å². The number of anilines is 6. The van der Waals surface area contributed by atoms with Crippen molar-refractivity contribution in [2.24, 2.45) is 0 Å². The Bertz CT molecular complexity index is 6760. The Morgan fingerprint density at radius 3 is 0.966 bits per heavy atom. The van der Waals surface area contributed by atoms with E-state index in [9.17, 15) is 0 Å². The molecule has 5 heterocycles. The van der Waals surface area contributed by atoms with Crippen molar-refractivity contribution in [3.63, 3.8) is 0 Å². The molecule has 0 aliphatic carbocycles. The molecule has 0 saturated heterocycles. The van der Waals surface area contributed by atoms with Gasteiger partial charge < -0.3 is 23.4 Å². The smallest absolute Gasteiger partial charge is 0.252 e. The summed E-state index contributed by atoms with van der Waals surface area (Å²) in [6.07, 6.45) is 0. The van der Waals surface area contributed by atoms with Crippen LogP contribution in [0.25, 0.3) is 133 Å². The standard InChI is InChI=1S/C110H97BN4O/c1-106(2,3)73-46-54-92-86(60-73)87-61-74(107(4,5)6)47-55-93(87)112(92)78-50-52-90-96(66-78)114(104-81(68-32-20-16-21-33-68)42-30-43-82(104)69-34-22-17-23-35-69)98-58-72(80-41-31-45-101-102(80)83-40-28-29-44-100(83)116-101)59-99-103(98)111(90)91-53-51-79(113-94-56-48-75(108(7,8)9)62-88(94)89-63-76(109(10,11)12)49-57-95(89)113)67-97(91)115(99)105-84(70-36-24-18-25-37-70)64-77(110(13,14)15)65-85(105)71-38-26-19-27-39-71/h16-67H,1-15H3. The zero-order valence-electron chi connectivity index (χ0n) is 69.3. The van der Waals surface area contributed by atoms with Crippen LogP contribution < -0.4 is 26.2 Å². The summed E-state index contributed by atoms with van der Waals surface area (Å²) in [6, 6.07) is 121. The molecule has 20 rings (SSSR count). The van der Waals surface area contributed by atoms with Gasteiger partial charge in [0, 0.05) is 88.7 Å². The molecule has 6 heteroatoms. The summed E-state index contributed by atoms with van der Waals surface area (Å²) >= 11 is 0. The molecular weight excluding hydrogens is 1400 g/mol. The van der Waals surface area contributed by atoms with Gasteiger partial charge in [0.15, 0.2) is 0 Å². The Labute approximate surface area is 682 Å². The molecule has 5 nitrogen and oxygen atoms in total. The summed E-state index contributed by atoms with van der Waals surface area (Å²) in [7, 11) is 0. The third kappa shape index (κ3) is 11.8. The van der Waals surface area contributed by atoms with Gasteiger partial charge in [-0.3, -0.25) is 0 Å². The van der Waals surface area contributed by atoms with E-state index in [2.05, 4.69) is 438 Å². The van der Waals surface area contributed by atoms with E-state index < -0.39 is 0 Å². The van der Waals surface area contributed by atoms with Gasteiger partial charge in [0.05, 0.1) is 33.4 Å². The Hall–Kier alpha value is -12.6. The van der Waals surface area contributed by atoms with Gasteiger partial charge in [0.1, 0.15) is 11.2 Å². The van der Waals surface area contributed by atoms with E-state index in [1.807, 2.05) is 0 Å². The summed E-state index contributed by atoms with van der Waals surface area (Å²) in [4.78, 5) is 5.45. The van der Waals surface area contributed by atoms with Crippen LogP contribution in [0.2, 0.25) is 0 Å². The van der Waals surface area contributed by atoms with Crippen LogP contribution in [-0.2, 0) is 27.1 Å². The zero-order chi connectivity index (χ0) is 79.8. The van der Waals surface area contributed by atoms with Gasteiger partial charge in [-0.05, 0) is 214 Å². The number of fused-ring (bicyclic) bond motifs is 13. The van der Waals surface area contributed by atoms with Crippen LogP contribution in [0.3, 0.4) is 0 Å². The fraction of sp³-hybridized carbons (Fsp3) is 0.182. The highest BCUT2D eigenvalue weighted by molar-refractivity contribution is 7.00. The van der Waals surface area contributed by atoms with Crippen molar-refractivity contribution < 1.29 is 4.42 Å². The number of aromatic nitrogens is 2. The molecular formula is C110H97BN4O. The molecule has 0 saturated carbocycles. The molecule has 566 valence electrons. The molecule has 0 bridgehead atoms. The Morgan fingerprint density at radius 2 is 0.578 bits per heavy atom. The van der Waals surface area contributed by atoms with Crippen LogP contribution in [0, 0.1) is 0 Å². The predicted octanol–water partition coefficient (Wildman–Crippen LogP) is 28.7. The van der Waals surface area contributed by atoms with Gasteiger partial charge in [-0.25, -0.2) is 0 Å². The summed E-state index contributed by atoms with van der Waals surface area (Å²) < 4.78 is 12.1. The van der Waals surface area contributed by atoms with Crippen molar-refractivity contribution in [2.45, 2.75) is 131 Å². The van der Waals surface area contributed by atoms with Crippen molar-refractivity contribution in [2.75, 3.05) is 9.80 Å². The molecule has 0 radical (unpaired) electrons. The van der Waals surface area contributed by atoms with Crippen molar-refractivity contribution in [1.82, 2.24) is 9.13 Å². The molecule has 2 aliphatic rings. The number of hydrogen-bond acceptors (Lipinski definition) is 3. The summed E-state index contributed by atoms with van der Waals surface area (Å²) in [5.74, 6) is 0. The van der Waals surface area contributed by atoms with Crippen LogP contribution >= 0.6 is 0 Å². The lowest BCUT2D eigenvalue weighted by atomic mass is 9.33. The number of furan rings is 1. The first-order valence-corrected chi connectivity index (χ1v) is 41.4. The van der Waals surface area contributed by atoms with Crippen molar-refractivity contribution in [3.8, 4) is 67.0 Å². The maximum Gasteiger partial charge on any atom is 0.252 e. The minimum absolute atomic E-state index is 0.0784. The van der Waals surface area contributed by atoms with Gasteiger partial charge >= 0.3 is 0 Å². The molecule has 3 aromatic heterocycles. The lowest BCUT2D eigenvalue weighted by Crippen LogP contribution is -2.61. The third-order valence-corrected chi connectivity index (χ3v) is 25.1. The van der Waals surface area contributed by atoms with E-state index in [0.717, 1.165) is 123 Å². The molecule has 15 aromatic carbocycles. The summed E-state index contributed by atoms with van der Waals surface area (Å²) in [5, 5.41) is 7.15. The largest absolute Gasteiger partial charge is 0.456 e. The maximum atomic E-state index is 6.97. The summed E-state index contributed by atoms with van der Waals surface area (Å²) in [6.45, 7) is 34.8. The van der Waals surface area contributed by atoms with Crippen molar-refractivity contribution >= 4 is 123 Å². The number of rotatable bonds is 9. The topological polar surface area (TPSA) is 29.5 Å². The number of nitrogens with zero attached hydrogens (tertiary/aromatic N) is 4. The van der Waals surface area contributed by atoms with Gasteiger partial charge in [0.2, 0.25) is 0 Å². The molecule has 2 aliphatic heterocycles. The van der Waals surface area contributed by atoms with E-state index in [0.29, 0.717) is 0 Å². The number of para-hydroxylation sites is 2. The lowest BCUT2D eigenvalue weighted by Gasteiger charge is -2.46. The van der Waals surface area contributed by atoms with Gasteiger partial charge in [0.25, 0.3) is 6.71 Å². The first-order chi connectivity index (χ1) is 55.7. The molecule has 0 unspecified atom stereocenters. The highest BCUT2D eigenvalue weighted by Gasteiger charge is 2.47. The Morgan fingerprint density at radius 1 is 0.241 bits per heavy atom. The quantitative estimate of drug-likeness (QED) is 0.135. The van der Waals surface area contributed by atoms with Crippen LogP contribution in [0.15, 0.2) is 320 Å². The SMILES string of the molecule is CC(C)(C)c1cc(-c2ccccc2)c(N2c3cc(-n4c5ccc(C(C)(C)C)cc5c5cc(C(C)(C)C)ccc54)ccc3B3c4ccc(-n5c6ccc(C(C)(C)C)cc6c6cc(C(C)(C)C)ccc65)cc4N(c4c(-c5ccccc5)cccc4-c4ccccc4)c4cc(-c5cccc6oc7ccccc7c56)cc2c43)c(-c2ccccc2)c1. The van der Waals surface area contributed by atoms with Crippen LogP contribution in [0.4, 0.5) is 34.1 Å². The number of hydrogen-bond donors (Lipinski definition) is 0. The van der Waals surface area contributed by atoms with Crippen LogP contribution in [0.5, 0.6) is 0 Å². The predicted molar refractivity (Wildman–Crippen MR) is 497 cm³/mol. The molecule has 0 fully saturated rings. The molecule has 0 N–H and O–H groups in total. The van der Waals surface area contributed by atoms with Crippen molar-refractivity contribution in [1.29, 1.82) is 0 Å². The first-order valence-electron chi connectivity index (χ1n) is 41.4. The highest BCUT2D eigenvalue weighted by Crippen LogP contribution is 2.56. The second-order valence-corrected chi connectivity index (χ2v) is 37.7. The molecule has 18 aromatic rings. The molecule has 0 atom stereocenters. The number of benzene rings is 15. The highest BCUT2D eigenvalue weighted by atomic mass is 16.3. The van der Waals surface area contributed by atoms with Crippen molar-refractivity contribution in [3.05, 3.63) is 343 Å².